The number of amides is 2. The molecule has 1 aliphatic rings. The molecular weight excluding hydrogens is 372 g/mol. The Morgan fingerprint density at radius 2 is 2.18 bits per heavy atom. The van der Waals surface area contributed by atoms with E-state index in [9.17, 15) is 4.79 Å². The Balaban J connectivity index is 1.49. The van der Waals surface area contributed by atoms with Crippen LogP contribution in [0.2, 0.25) is 0 Å². The molecule has 0 saturated heterocycles. The fraction of sp³-hybridized carbons (Fsp3) is 0.250. The van der Waals surface area contributed by atoms with Crippen LogP contribution in [0.3, 0.4) is 0 Å². The number of hydrogen-bond donors (Lipinski definition) is 2. The summed E-state index contributed by atoms with van der Waals surface area (Å²) < 4.78 is 1.50. The summed E-state index contributed by atoms with van der Waals surface area (Å²) in [6.45, 7) is 2.83. The van der Waals surface area contributed by atoms with Crippen LogP contribution in [0.1, 0.15) is 35.4 Å². The van der Waals surface area contributed by atoms with Crippen molar-refractivity contribution in [3.05, 3.63) is 57.9 Å². The van der Waals surface area contributed by atoms with Crippen molar-refractivity contribution >= 4 is 28.9 Å². The van der Waals surface area contributed by atoms with Gasteiger partial charge in [0.15, 0.2) is 0 Å². The molecule has 1 aliphatic heterocycles. The van der Waals surface area contributed by atoms with Crippen LogP contribution in [0.4, 0.5) is 16.3 Å². The van der Waals surface area contributed by atoms with E-state index >= 15 is 0 Å². The third-order valence-electron chi connectivity index (χ3n) is 5.03. The molecule has 0 fully saturated rings. The third-order valence-corrected chi connectivity index (χ3v) is 6.03. The topological polar surface area (TPSA) is 100.0 Å². The maximum absolute atomic E-state index is 12.9. The molecule has 7 nitrogen and oxygen atoms in total. The highest BCUT2D eigenvalue weighted by Crippen LogP contribution is 2.35. The molecule has 3 aromatic rings. The fourth-order valence-electron chi connectivity index (χ4n) is 3.61. The van der Waals surface area contributed by atoms with Crippen molar-refractivity contribution in [2.45, 2.75) is 25.8 Å². The van der Waals surface area contributed by atoms with E-state index in [4.69, 9.17) is 11.0 Å². The molecule has 1 unspecified atom stereocenters. The molecule has 0 spiro atoms. The number of urea groups is 1. The Labute approximate surface area is 167 Å². The minimum absolute atomic E-state index is 0.0955. The van der Waals surface area contributed by atoms with E-state index in [1.807, 2.05) is 23.1 Å². The normalized spacial score (nSPS) is 15.7. The van der Waals surface area contributed by atoms with Gasteiger partial charge in [-0.05, 0) is 54.1 Å². The van der Waals surface area contributed by atoms with Crippen LogP contribution >= 0.6 is 11.3 Å². The molecule has 1 aromatic carbocycles. The molecule has 0 saturated carbocycles. The van der Waals surface area contributed by atoms with E-state index in [0.717, 1.165) is 25.1 Å². The number of hydrogen-bond acceptors (Lipinski definition) is 5. The van der Waals surface area contributed by atoms with Crippen LogP contribution in [0, 0.1) is 11.3 Å². The molecule has 4 rings (SSSR count). The minimum Gasteiger partial charge on any atom is -0.382 e. The Kier molecular flexibility index (Phi) is 4.75. The molecule has 0 aliphatic carbocycles. The van der Waals surface area contributed by atoms with Crippen molar-refractivity contribution in [2.75, 3.05) is 17.6 Å². The lowest BCUT2D eigenvalue weighted by Gasteiger charge is -2.35. The van der Waals surface area contributed by atoms with Crippen LogP contribution in [0.25, 0.3) is 5.69 Å². The second-order valence-corrected chi connectivity index (χ2v) is 7.61. The minimum atomic E-state index is -0.0955. The van der Waals surface area contributed by atoms with Gasteiger partial charge in [-0.1, -0.05) is 6.92 Å². The van der Waals surface area contributed by atoms with Crippen LogP contribution in [-0.4, -0.2) is 27.3 Å². The van der Waals surface area contributed by atoms with Crippen molar-refractivity contribution in [2.24, 2.45) is 0 Å². The van der Waals surface area contributed by atoms with Gasteiger partial charge in [-0.2, -0.15) is 10.4 Å². The largest absolute Gasteiger partial charge is 0.382 e. The maximum atomic E-state index is 12.9. The summed E-state index contributed by atoms with van der Waals surface area (Å²) in [6, 6.07) is 11.4. The van der Waals surface area contributed by atoms with Gasteiger partial charge in [0, 0.05) is 17.1 Å². The SMILES string of the molecule is CCC1c2ccsc2CCN1C(=O)Nc1ccc(-n2ncc(C#N)c2N)cc1. The first-order valence-electron chi connectivity index (χ1n) is 9.10. The summed E-state index contributed by atoms with van der Waals surface area (Å²) in [6.07, 6.45) is 3.22. The Bertz CT molecular complexity index is 1050. The smallest absolute Gasteiger partial charge is 0.322 e. The summed E-state index contributed by atoms with van der Waals surface area (Å²) in [5, 5.41) is 18.2. The van der Waals surface area contributed by atoms with Gasteiger partial charge in [-0.15, -0.1) is 11.3 Å². The second-order valence-electron chi connectivity index (χ2n) is 6.61. The standard InChI is InChI=1S/C20H20N6OS/c1-2-17-16-8-10-28-18(16)7-9-25(17)20(27)24-14-3-5-15(6-4-14)26-19(22)13(11-21)12-23-26/h3-6,8,10,12,17H,2,7,9,22H2,1H3,(H,24,27). The molecule has 0 radical (unpaired) electrons. The number of nitrogen functional groups attached to an aromatic ring is 1. The predicted octanol–water partition coefficient (Wildman–Crippen LogP) is 3.93. The Hall–Kier alpha value is -3.31. The zero-order chi connectivity index (χ0) is 19.7. The first-order chi connectivity index (χ1) is 13.6. The molecule has 3 heterocycles. The van der Waals surface area contributed by atoms with Gasteiger partial charge in [0.1, 0.15) is 17.5 Å². The van der Waals surface area contributed by atoms with E-state index in [-0.39, 0.29) is 12.1 Å². The van der Waals surface area contributed by atoms with Gasteiger partial charge in [-0.25, -0.2) is 9.48 Å². The number of benzene rings is 1. The summed E-state index contributed by atoms with van der Waals surface area (Å²) in [7, 11) is 0. The maximum Gasteiger partial charge on any atom is 0.322 e. The Morgan fingerprint density at radius 3 is 2.86 bits per heavy atom. The van der Waals surface area contributed by atoms with Gasteiger partial charge < -0.3 is 16.0 Å². The molecule has 28 heavy (non-hydrogen) atoms. The number of fused-ring (bicyclic) bond motifs is 1. The Morgan fingerprint density at radius 1 is 1.39 bits per heavy atom. The number of nitriles is 1. The van der Waals surface area contributed by atoms with Crippen molar-refractivity contribution < 1.29 is 4.79 Å². The molecule has 3 N–H and O–H groups in total. The highest BCUT2D eigenvalue weighted by Gasteiger charge is 2.30. The molecule has 0 bridgehead atoms. The third kappa shape index (κ3) is 3.10. The lowest BCUT2D eigenvalue weighted by molar-refractivity contribution is 0.181. The molecule has 142 valence electrons. The average Bonchev–Trinajstić information content (AvgIpc) is 3.34. The van der Waals surface area contributed by atoms with E-state index in [1.54, 1.807) is 23.5 Å². The number of nitrogens with zero attached hydrogens (tertiary/aromatic N) is 4. The summed E-state index contributed by atoms with van der Waals surface area (Å²) in [4.78, 5) is 16.2. The molecule has 1 atom stereocenters. The number of nitrogens with two attached hydrogens (primary N) is 1. The quantitative estimate of drug-likeness (QED) is 0.705. The summed E-state index contributed by atoms with van der Waals surface area (Å²) in [5.74, 6) is 0.296. The lowest BCUT2D eigenvalue weighted by Crippen LogP contribution is -2.41. The van der Waals surface area contributed by atoms with Crippen molar-refractivity contribution in [1.29, 1.82) is 5.26 Å². The zero-order valence-corrected chi connectivity index (χ0v) is 16.2. The van der Waals surface area contributed by atoms with Crippen LogP contribution in [0.5, 0.6) is 0 Å². The summed E-state index contributed by atoms with van der Waals surface area (Å²) in [5.41, 5.74) is 8.96. The van der Waals surface area contributed by atoms with Crippen LogP contribution in [-0.2, 0) is 6.42 Å². The van der Waals surface area contributed by atoms with Gasteiger partial charge in [0.2, 0.25) is 0 Å². The number of aromatic nitrogens is 2. The first kappa shape index (κ1) is 18.1. The number of anilines is 2. The number of nitrogens with one attached hydrogen (secondary N) is 1. The second kappa shape index (κ2) is 7.37. The van der Waals surface area contributed by atoms with E-state index in [2.05, 4.69) is 28.8 Å². The molecule has 2 amide bonds. The number of carbonyl (C=O) groups excluding carboxylic acids is 1. The van der Waals surface area contributed by atoms with Crippen molar-refractivity contribution in [3.8, 4) is 11.8 Å². The number of carbonyl (C=O) groups is 1. The predicted molar refractivity (Wildman–Crippen MR) is 109 cm³/mol. The van der Waals surface area contributed by atoms with Crippen molar-refractivity contribution in [3.63, 3.8) is 0 Å². The van der Waals surface area contributed by atoms with Gasteiger partial charge in [0.05, 0.1) is 17.9 Å². The number of thiophene rings is 1. The lowest BCUT2D eigenvalue weighted by atomic mass is 9.98. The zero-order valence-electron chi connectivity index (χ0n) is 15.4. The molecular formula is C20H20N6OS. The van der Waals surface area contributed by atoms with Gasteiger partial charge >= 0.3 is 6.03 Å². The van der Waals surface area contributed by atoms with E-state index < -0.39 is 0 Å². The highest BCUT2D eigenvalue weighted by molar-refractivity contribution is 7.10. The van der Waals surface area contributed by atoms with Crippen LogP contribution < -0.4 is 11.1 Å². The van der Waals surface area contributed by atoms with Gasteiger partial charge in [-0.3, -0.25) is 0 Å². The average molecular weight is 392 g/mol. The van der Waals surface area contributed by atoms with E-state index in [1.165, 1.54) is 21.3 Å². The van der Waals surface area contributed by atoms with E-state index in [0.29, 0.717) is 17.1 Å². The monoisotopic (exact) mass is 392 g/mol. The highest BCUT2D eigenvalue weighted by atomic mass is 32.1. The van der Waals surface area contributed by atoms with Crippen LogP contribution in [0.15, 0.2) is 41.9 Å². The first-order valence-corrected chi connectivity index (χ1v) is 9.98. The van der Waals surface area contributed by atoms with Crippen molar-refractivity contribution in [1.82, 2.24) is 14.7 Å². The summed E-state index contributed by atoms with van der Waals surface area (Å²) >= 11 is 1.77. The molecule has 2 aromatic heterocycles. The van der Waals surface area contributed by atoms with Gasteiger partial charge in [0.25, 0.3) is 0 Å². The fourth-order valence-corrected chi connectivity index (χ4v) is 4.54. The molecule has 8 heteroatoms. The number of rotatable bonds is 3.